The number of nitrogens with zero attached hydrogens (tertiary/aromatic N) is 2. The van der Waals surface area contributed by atoms with Gasteiger partial charge in [-0.3, -0.25) is 15.6 Å². The van der Waals surface area contributed by atoms with E-state index in [2.05, 4.69) is 22.4 Å². The Hall–Kier alpha value is -3.28. The fourth-order valence-electron chi connectivity index (χ4n) is 2.42. The summed E-state index contributed by atoms with van der Waals surface area (Å²) in [4.78, 5) is 16.6. The summed E-state index contributed by atoms with van der Waals surface area (Å²) >= 11 is 0. The van der Waals surface area contributed by atoms with E-state index in [0.29, 0.717) is 11.5 Å². The van der Waals surface area contributed by atoms with Crippen LogP contribution in [0.1, 0.15) is 11.4 Å². The Morgan fingerprint density at radius 1 is 1.17 bits per heavy atom. The maximum atomic E-state index is 12.1. The summed E-state index contributed by atoms with van der Waals surface area (Å²) in [6.07, 6.45) is 0.154. The van der Waals surface area contributed by atoms with Gasteiger partial charge in [-0.1, -0.05) is 18.7 Å². The Bertz CT molecular complexity index is 897. The molecule has 0 aliphatic carbocycles. The van der Waals surface area contributed by atoms with Crippen molar-refractivity contribution in [3.05, 3.63) is 66.5 Å². The number of hydrogen-bond donors (Lipinski definition) is 3. The average molecular weight is 322 g/mol. The number of hydrazine groups is 1. The minimum atomic E-state index is -0.215. The molecule has 122 valence electrons. The number of rotatable bonds is 5. The third-order valence-corrected chi connectivity index (χ3v) is 3.77. The maximum absolute atomic E-state index is 12.1. The van der Waals surface area contributed by atoms with Gasteiger partial charge in [0.25, 0.3) is 0 Å². The molecule has 0 aliphatic rings. The van der Waals surface area contributed by atoms with Gasteiger partial charge in [-0.15, -0.1) is 0 Å². The van der Waals surface area contributed by atoms with Gasteiger partial charge in [-0.05, 0) is 42.0 Å². The highest BCUT2D eigenvalue weighted by Gasteiger charge is 2.11. The largest absolute Gasteiger partial charge is 0.508 e. The minimum absolute atomic E-state index is 0.154. The number of phenols is 1. The molecule has 24 heavy (non-hydrogen) atoms. The fraction of sp³-hybridized carbons (Fsp3) is 0.111. The predicted molar refractivity (Wildman–Crippen MR) is 92.8 cm³/mol. The van der Waals surface area contributed by atoms with Gasteiger partial charge in [0.05, 0.1) is 23.2 Å². The summed E-state index contributed by atoms with van der Waals surface area (Å²) in [5.74, 6) is 0.650. The van der Waals surface area contributed by atoms with E-state index in [1.54, 1.807) is 24.3 Å². The number of hydrogen-bond acceptors (Lipinski definition) is 4. The van der Waals surface area contributed by atoms with E-state index >= 15 is 0 Å². The molecule has 2 aromatic carbocycles. The molecule has 6 heteroatoms. The van der Waals surface area contributed by atoms with Crippen molar-refractivity contribution in [2.45, 2.75) is 6.42 Å². The van der Waals surface area contributed by atoms with Crippen LogP contribution < -0.4 is 10.9 Å². The zero-order chi connectivity index (χ0) is 17.1. The fourth-order valence-corrected chi connectivity index (χ4v) is 2.42. The molecule has 0 saturated heterocycles. The number of phenolic OH excluding ortho intramolecular Hbond substituents is 1. The average Bonchev–Trinajstić information content (AvgIpc) is 2.89. The van der Waals surface area contributed by atoms with Crippen molar-refractivity contribution in [1.82, 2.24) is 20.4 Å². The van der Waals surface area contributed by atoms with Crippen LogP contribution in [0.2, 0.25) is 0 Å². The second-order valence-corrected chi connectivity index (χ2v) is 5.45. The van der Waals surface area contributed by atoms with E-state index in [1.807, 2.05) is 35.9 Å². The number of benzene rings is 2. The maximum Gasteiger partial charge on any atom is 0.245 e. The quantitative estimate of drug-likeness (QED) is 0.629. The summed E-state index contributed by atoms with van der Waals surface area (Å²) in [5, 5.41) is 9.28. The number of amides is 1. The molecule has 0 spiro atoms. The molecule has 3 rings (SSSR count). The zero-order valence-corrected chi connectivity index (χ0v) is 13.3. The molecule has 0 atom stereocenters. The van der Waals surface area contributed by atoms with Crippen LogP contribution in [0.15, 0.2) is 55.1 Å². The Morgan fingerprint density at radius 3 is 2.58 bits per heavy atom. The van der Waals surface area contributed by atoms with Gasteiger partial charge in [0, 0.05) is 7.05 Å². The van der Waals surface area contributed by atoms with Crippen LogP contribution in [0.4, 0.5) is 0 Å². The molecule has 1 aromatic heterocycles. The summed E-state index contributed by atoms with van der Waals surface area (Å²) in [5.41, 5.74) is 8.55. The van der Waals surface area contributed by atoms with Gasteiger partial charge >= 0.3 is 0 Å². The van der Waals surface area contributed by atoms with E-state index in [9.17, 15) is 9.90 Å². The summed E-state index contributed by atoms with van der Waals surface area (Å²) in [7, 11) is 1.89. The number of aryl methyl sites for hydroxylation is 1. The molecule has 3 N–H and O–H groups in total. The lowest BCUT2D eigenvalue weighted by Crippen LogP contribution is -2.37. The highest BCUT2D eigenvalue weighted by atomic mass is 16.3. The highest BCUT2D eigenvalue weighted by molar-refractivity contribution is 5.81. The Labute approximate surface area is 139 Å². The minimum Gasteiger partial charge on any atom is -0.508 e. The Morgan fingerprint density at radius 2 is 1.88 bits per heavy atom. The third kappa shape index (κ3) is 3.22. The molecule has 1 amide bonds. The smallest absolute Gasteiger partial charge is 0.245 e. The van der Waals surface area contributed by atoms with E-state index in [1.165, 1.54) is 0 Å². The monoisotopic (exact) mass is 322 g/mol. The molecule has 0 saturated carbocycles. The molecule has 0 unspecified atom stereocenters. The second-order valence-electron chi connectivity index (χ2n) is 5.45. The van der Waals surface area contributed by atoms with E-state index in [0.717, 1.165) is 16.6 Å². The topological polar surface area (TPSA) is 79.2 Å². The molecule has 0 bridgehead atoms. The first kappa shape index (κ1) is 15.6. The summed E-state index contributed by atoms with van der Waals surface area (Å²) in [6.45, 7) is 3.86. The lowest BCUT2D eigenvalue weighted by molar-refractivity contribution is -0.121. The first-order chi connectivity index (χ1) is 11.5. The SMILES string of the molecule is C=C(NNC(=O)Cc1nc2ccccc2n1C)c1ccc(O)cc1. The van der Waals surface area contributed by atoms with Crippen molar-refractivity contribution in [1.29, 1.82) is 0 Å². The number of aromatic hydroxyl groups is 1. The van der Waals surface area contributed by atoms with Crippen LogP contribution in [0.5, 0.6) is 5.75 Å². The summed E-state index contributed by atoms with van der Waals surface area (Å²) < 4.78 is 1.91. The van der Waals surface area contributed by atoms with Crippen molar-refractivity contribution in [2.24, 2.45) is 7.05 Å². The van der Waals surface area contributed by atoms with Gasteiger partial charge < -0.3 is 9.67 Å². The number of aromatic nitrogens is 2. The molecule has 1 heterocycles. The van der Waals surface area contributed by atoms with E-state index in [4.69, 9.17) is 0 Å². The van der Waals surface area contributed by atoms with Crippen molar-refractivity contribution in [2.75, 3.05) is 0 Å². The first-order valence-electron chi connectivity index (χ1n) is 7.48. The standard InChI is InChI=1S/C18H18N4O2/c1-12(13-7-9-14(23)10-8-13)20-21-18(24)11-17-19-15-5-3-4-6-16(15)22(17)2/h3-10,20,23H,1,11H2,2H3,(H,21,24). The Balaban J connectivity index is 1.62. The van der Waals surface area contributed by atoms with E-state index < -0.39 is 0 Å². The van der Waals surface area contributed by atoms with Crippen LogP contribution in [0.25, 0.3) is 16.7 Å². The zero-order valence-electron chi connectivity index (χ0n) is 13.3. The molecule has 6 nitrogen and oxygen atoms in total. The second kappa shape index (κ2) is 6.45. The van der Waals surface area contributed by atoms with Gasteiger partial charge in [-0.25, -0.2) is 4.98 Å². The predicted octanol–water partition coefficient (Wildman–Crippen LogP) is 2.11. The van der Waals surface area contributed by atoms with Crippen LogP contribution in [-0.2, 0) is 18.3 Å². The number of imidazole rings is 1. The van der Waals surface area contributed by atoms with Gasteiger partial charge in [0.15, 0.2) is 0 Å². The molecule has 3 aromatic rings. The van der Waals surface area contributed by atoms with Crippen LogP contribution in [-0.4, -0.2) is 20.6 Å². The van der Waals surface area contributed by atoms with Crippen LogP contribution >= 0.6 is 0 Å². The highest BCUT2D eigenvalue weighted by Crippen LogP contribution is 2.15. The molecular weight excluding hydrogens is 304 g/mol. The third-order valence-electron chi connectivity index (χ3n) is 3.77. The molecule has 0 aliphatic heterocycles. The number of carbonyl (C=O) groups is 1. The Kier molecular flexibility index (Phi) is 4.20. The van der Waals surface area contributed by atoms with Crippen LogP contribution in [0, 0.1) is 0 Å². The number of fused-ring (bicyclic) bond motifs is 1. The van der Waals surface area contributed by atoms with Gasteiger partial charge in [0.1, 0.15) is 11.6 Å². The van der Waals surface area contributed by atoms with Crippen molar-refractivity contribution in [3.8, 4) is 5.75 Å². The normalized spacial score (nSPS) is 10.5. The number of carbonyl (C=O) groups excluding carboxylic acids is 1. The lowest BCUT2D eigenvalue weighted by atomic mass is 10.2. The number of nitrogens with one attached hydrogen (secondary N) is 2. The van der Waals surface area contributed by atoms with Gasteiger partial charge in [0.2, 0.25) is 5.91 Å². The first-order valence-corrected chi connectivity index (χ1v) is 7.48. The van der Waals surface area contributed by atoms with Crippen molar-refractivity contribution >= 4 is 22.6 Å². The summed E-state index contributed by atoms with van der Waals surface area (Å²) in [6, 6.07) is 14.3. The molecular formula is C18H18N4O2. The number of para-hydroxylation sites is 2. The van der Waals surface area contributed by atoms with Gasteiger partial charge in [-0.2, -0.15) is 0 Å². The van der Waals surface area contributed by atoms with E-state index in [-0.39, 0.29) is 18.1 Å². The molecule has 0 fully saturated rings. The van der Waals surface area contributed by atoms with Crippen LogP contribution in [0.3, 0.4) is 0 Å². The van der Waals surface area contributed by atoms with Crippen molar-refractivity contribution < 1.29 is 9.90 Å². The lowest BCUT2D eigenvalue weighted by Gasteiger charge is -2.11. The van der Waals surface area contributed by atoms with Crippen molar-refractivity contribution in [3.63, 3.8) is 0 Å². The molecule has 0 radical (unpaired) electrons.